The molecule has 0 aliphatic heterocycles. The van der Waals surface area contributed by atoms with Crippen LogP contribution in [-0.2, 0) is 4.57 Å². The summed E-state index contributed by atoms with van der Waals surface area (Å²) < 4.78 is 10.1. The van der Waals surface area contributed by atoms with E-state index in [1.807, 2.05) is 24.3 Å². The van der Waals surface area contributed by atoms with Gasteiger partial charge >= 0.3 is 8.46 Å². The third-order valence-corrected chi connectivity index (χ3v) is 1.54. The van der Waals surface area contributed by atoms with Gasteiger partial charge < -0.3 is 0 Å². The maximum absolute atomic E-state index is 10.1. The molecule has 2 heteroatoms. The van der Waals surface area contributed by atoms with Crippen LogP contribution in [0.15, 0.2) is 24.3 Å². The van der Waals surface area contributed by atoms with Crippen LogP contribution in [0.2, 0.25) is 0 Å². The van der Waals surface area contributed by atoms with E-state index in [1.165, 1.54) is 0 Å². The Bertz CT molecular complexity index is 114. The second-order valence-corrected chi connectivity index (χ2v) is 2.32. The first kappa shape index (κ1) is 4.73. The molecular weight excluding hydrogens is 107 g/mol. The lowest BCUT2D eigenvalue weighted by molar-refractivity contribution is 0.598. The van der Waals surface area contributed by atoms with Gasteiger partial charge in [-0.05, 0) is 12.2 Å². The molecule has 1 unspecified atom stereocenters. The SMILES string of the molecule is O=[PH+]C1C=CC=C1. The van der Waals surface area contributed by atoms with E-state index in [-0.39, 0.29) is 14.1 Å². The lowest BCUT2D eigenvalue weighted by atomic mass is 10.5. The van der Waals surface area contributed by atoms with Gasteiger partial charge in [-0.3, -0.25) is 0 Å². The molecule has 0 aromatic rings. The van der Waals surface area contributed by atoms with Crippen molar-refractivity contribution in [1.82, 2.24) is 0 Å². The zero-order valence-electron chi connectivity index (χ0n) is 3.79. The topological polar surface area (TPSA) is 17.1 Å². The zero-order chi connectivity index (χ0) is 5.11. The van der Waals surface area contributed by atoms with Crippen LogP contribution in [0.3, 0.4) is 0 Å². The first-order chi connectivity index (χ1) is 3.43. The van der Waals surface area contributed by atoms with Crippen LogP contribution in [-0.4, -0.2) is 5.66 Å². The van der Waals surface area contributed by atoms with Gasteiger partial charge in [-0.25, -0.2) is 0 Å². The van der Waals surface area contributed by atoms with E-state index in [1.54, 1.807) is 0 Å². The van der Waals surface area contributed by atoms with Crippen molar-refractivity contribution in [2.75, 3.05) is 0 Å². The normalized spacial score (nSPS) is 19.4. The van der Waals surface area contributed by atoms with Crippen LogP contribution in [0.25, 0.3) is 0 Å². The fourth-order valence-corrected chi connectivity index (χ4v) is 0.890. The molecule has 0 radical (unpaired) electrons. The van der Waals surface area contributed by atoms with E-state index in [0.29, 0.717) is 0 Å². The summed E-state index contributed by atoms with van der Waals surface area (Å²) in [5, 5.41) is 0. The van der Waals surface area contributed by atoms with Crippen molar-refractivity contribution in [2.24, 2.45) is 0 Å². The standard InChI is InChI=1S/C5H5OP/c6-7-5-3-1-2-4-5/h1-5H/p+1. The van der Waals surface area contributed by atoms with Crippen LogP contribution < -0.4 is 0 Å². The molecule has 1 aliphatic carbocycles. The first-order valence-corrected chi connectivity index (χ1v) is 3.15. The molecule has 1 aliphatic rings. The van der Waals surface area contributed by atoms with Crippen LogP contribution in [0.5, 0.6) is 0 Å². The van der Waals surface area contributed by atoms with Crippen molar-refractivity contribution in [3.05, 3.63) is 24.3 Å². The minimum Gasteiger partial charge on any atom is -0.0764 e. The smallest absolute Gasteiger partial charge is 0.0764 e. The highest BCUT2D eigenvalue weighted by Crippen LogP contribution is 2.13. The molecule has 0 N–H and O–H groups in total. The summed E-state index contributed by atoms with van der Waals surface area (Å²) in [5.74, 6) is 0. The number of rotatable bonds is 1. The Balaban J connectivity index is 2.59. The number of hydrogen-bond acceptors (Lipinski definition) is 1. The Kier molecular flexibility index (Phi) is 1.38. The lowest BCUT2D eigenvalue weighted by Crippen LogP contribution is -1.77. The van der Waals surface area contributed by atoms with Crippen LogP contribution in [0, 0.1) is 0 Å². The molecule has 0 saturated heterocycles. The quantitative estimate of drug-likeness (QED) is 0.471. The molecule has 0 saturated carbocycles. The van der Waals surface area contributed by atoms with Gasteiger partial charge in [-0.1, -0.05) is 16.7 Å². The Morgan fingerprint density at radius 3 is 2.14 bits per heavy atom. The minimum atomic E-state index is -0.212. The molecule has 0 fully saturated rings. The molecule has 0 aromatic carbocycles. The van der Waals surface area contributed by atoms with Gasteiger partial charge in [0.2, 0.25) is 0 Å². The van der Waals surface area contributed by atoms with Gasteiger partial charge in [0.1, 0.15) is 0 Å². The molecular formula is C5H6OP+. The molecule has 0 spiro atoms. The predicted octanol–water partition coefficient (Wildman–Crippen LogP) is 1.50. The van der Waals surface area contributed by atoms with E-state index in [2.05, 4.69) is 0 Å². The van der Waals surface area contributed by atoms with E-state index < -0.39 is 0 Å². The lowest BCUT2D eigenvalue weighted by Gasteiger charge is -1.72. The highest BCUT2D eigenvalue weighted by atomic mass is 31.1. The maximum atomic E-state index is 10.1. The summed E-state index contributed by atoms with van der Waals surface area (Å²) in [6, 6.07) is 0. The van der Waals surface area contributed by atoms with Gasteiger partial charge in [-0.15, -0.1) is 0 Å². The van der Waals surface area contributed by atoms with Gasteiger partial charge in [0, 0.05) is 0 Å². The van der Waals surface area contributed by atoms with Crippen LogP contribution >= 0.6 is 8.46 Å². The molecule has 0 aromatic heterocycles. The molecule has 1 atom stereocenters. The summed E-state index contributed by atoms with van der Waals surface area (Å²) in [6.45, 7) is 0. The van der Waals surface area contributed by atoms with Crippen molar-refractivity contribution in [3.8, 4) is 0 Å². The summed E-state index contributed by atoms with van der Waals surface area (Å²) in [6.07, 6.45) is 7.67. The van der Waals surface area contributed by atoms with Crippen molar-refractivity contribution < 1.29 is 4.57 Å². The summed E-state index contributed by atoms with van der Waals surface area (Å²) in [7, 11) is -0.212. The average molecular weight is 113 g/mol. The maximum Gasteiger partial charge on any atom is 0.336 e. The Morgan fingerprint density at radius 1 is 1.29 bits per heavy atom. The van der Waals surface area contributed by atoms with E-state index in [4.69, 9.17) is 0 Å². The van der Waals surface area contributed by atoms with Crippen LogP contribution in [0.1, 0.15) is 0 Å². The molecule has 0 amide bonds. The molecule has 0 heterocycles. The fraction of sp³-hybridized carbons (Fsp3) is 0.200. The highest BCUT2D eigenvalue weighted by Gasteiger charge is 2.07. The second-order valence-electron chi connectivity index (χ2n) is 1.41. The third-order valence-electron chi connectivity index (χ3n) is 0.884. The molecule has 1 nitrogen and oxygen atoms in total. The zero-order valence-corrected chi connectivity index (χ0v) is 4.79. The Hall–Kier alpha value is -0.420. The van der Waals surface area contributed by atoms with Crippen molar-refractivity contribution in [3.63, 3.8) is 0 Å². The Labute approximate surface area is 43.9 Å². The van der Waals surface area contributed by atoms with Gasteiger partial charge in [0.05, 0.1) is 0 Å². The van der Waals surface area contributed by atoms with Gasteiger partial charge in [-0.2, -0.15) is 0 Å². The molecule has 36 valence electrons. The van der Waals surface area contributed by atoms with E-state index in [9.17, 15) is 4.57 Å². The van der Waals surface area contributed by atoms with Gasteiger partial charge in [0.15, 0.2) is 5.66 Å². The predicted molar refractivity (Wildman–Crippen MR) is 31.1 cm³/mol. The highest BCUT2D eigenvalue weighted by molar-refractivity contribution is 7.25. The second kappa shape index (κ2) is 2.04. The minimum absolute atomic E-state index is 0.208. The fourth-order valence-electron chi connectivity index (χ4n) is 0.510. The van der Waals surface area contributed by atoms with Crippen LogP contribution in [0.4, 0.5) is 0 Å². The molecule has 0 bridgehead atoms. The number of hydrogen-bond donors (Lipinski definition) is 0. The average Bonchev–Trinajstić information content (AvgIpc) is 2.14. The summed E-state index contributed by atoms with van der Waals surface area (Å²) >= 11 is 0. The van der Waals surface area contributed by atoms with Crippen molar-refractivity contribution >= 4 is 8.46 Å². The summed E-state index contributed by atoms with van der Waals surface area (Å²) in [4.78, 5) is 0. The van der Waals surface area contributed by atoms with E-state index in [0.717, 1.165) is 0 Å². The van der Waals surface area contributed by atoms with Gasteiger partial charge in [0.25, 0.3) is 0 Å². The van der Waals surface area contributed by atoms with Crippen molar-refractivity contribution in [1.29, 1.82) is 0 Å². The molecule has 7 heavy (non-hydrogen) atoms. The Morgan fingerprint density at radius 2 is 1.86 bits per heavy atom. The van der Waals surface area contributed by atoms with Crippen molar-refractivity contribution in [2.45, 2.75) is 5.66 Å². The summed E-state index contributed by atoms with van der Waals surface area (Å²) in [5.41, 5.74) is 0.208. The number of allylic oxidation sites excluding steroid dienone is 4. The monoisotopic (exact) mass is 113 g/mol. The largest absolute Gasteiger partial charge is 0.336 e. The van der Waals surface area contributed by atoms with E-state index >= 15 is 0 Å². The third kappa shape index (κ3) is 0.971. The molecule has 1 rings (SSSR count). The first-order valence-electron chi connectivity index (χ1n) is 2.16.